The maximum absolute atomic E-state index is 13.4. The van der Waals surface area contributed by atoms with E-state index in [0.717, 1.165) is 22.0 Å². The molecule has 0 bridgehead atoms. The lowest BCUT2D eigenvalue weighted by molar-refractivity contribution is -0.143. The number of carbonyl (C=O) groups excluding carboxylic acids is 2. The van der Waals surface area contributed by atoms with Gasteiger partial charge >= 0.3 is 5.97 Å². The molecule has 0 saturated carbocycles. The van der Waals surface area contributed by atoms with E-state index in [4.69, 9.17) is 19.2 Å². The first-order chi connectivity index (χ1) is 18.9. The minimum absolute atomic E-state index is 0.0303. The van der Waals surface area contributed by atoms with Gasteiger partial charge in [-0.15, -0.1) is 0 Å². The summed E-state index contributed by atoms with van der Waals surface area (Å²) in [5.41, 5.74) is 3.79. The van der Waals surface area contributed by atoms with Crippen LogP contribution in [0.2, 0.25) is 0 Å². The van der Waals surface area contributed by atoms with E-state index in [-0.39, 0.29) is 18.4 Å². The second kappa shape index (κ2) is 12.1. The number of nitrogens with zero attached hydrogens (tertiary/aromatic N) is 3. The number of carbonyl (C=O) groups is 2. The molecule has 0 radical (unpaired) electrons. The third-order valence-electron chi connectivity index (χ3n) is 6.68. The molecule has 0 spiro atoms. The molecule has 5 rings (SSSR count). The van der Waals surface area contributed by atoms with Crippen LogP contribution in [0.25, 0.3) is 0 Å². The number of rotatable bonds is 8. The Morgan fingerprint density at radius 1 is 1.10 bits per heavy atom. The predicted molar refractivity (Wildman–Crippen MR) is 151 cm³/mol. The van der Waals surface area contributed by atoms with Gasteiger partial charge in [0.05, 0.1) is 43.1 Å². The highest BCUT2D eigenvalue weighted by atomic mass is 32.2. The van der Waals surface area contributed by atoms with Crippen LogP contribution in [-0.4, -0.2) is 59.3 Å². The average Bonchev–Trinajstić information content (AvgIpc) is 3.33. The number of hydrogen-bond acceptors (Lipinski definition) is 8. The zero-order chi connectivity index (χ0) is 27.4. The van der Waals surface area contributed by atoms with Gasteiger partial charge in [0, 0.05) is 18.8 Å². The molecule has 1 atom stereocenters. The normalized spacial score (nSPS) is 19.0. The van der Waals surface area contributed by atoms with Crippen LogP contribution < -0.4 is 4.74 Å². The minimum Gasteiger partial charge on any atom is -0.489 e. The summed E-state index contributed by atoms with van der Waals surface area (Å²) in [7, 11) is 0. The summed E-state index contributed by atoms with van der Waals surface area (Å²) in [4.78, 5) is 35.2. The lowest BCUT2D eigenvalue weighted by atomic mass is 9.93. The van der Waals surface area contributed by atoms with E-state index >= 15 is 0 Å². The van der Waals surface area contributed by atoms with Gasteiger partial charge in [0.1, 0.15) is 12.4 Å². The van der Waals surface area contributed by atoms with Crippen molar-refractivity contribution in [3.63, 3.8) is 0 Å². The van der Waals surface area contributed by atoms with Crippen molar-refractivity contribution < 1.29 is 23.8 Å². The Labute approximate surface area is 233 Å². The minimum atomic E-state index is -0.511. The molecule has 2 aromatic rings. The van der Waals surface area contributed by atoms with Gasteiger partial charge in [0.15, 0.2) is 5.17 Å². The number of hydrogen-bond donors (Lipinski definition) is 0. The zero-order valence-electron chi connectivity index (χ0n) is 22.5. The number of aliphatic imine (C=N–C) groups is 1. The van der Waals surface area contributed by atoms with E-state index in [1.54, 1.807) is 0 Å². The van der Waals surface area contributed by atoms with Crippen LogP contribution in [0.4, 0.5) is 0 Å². The van der Waals surface area contributed by atoms with Crippen molar-refractivity contribution in [3.8, 4) is 5.75 Å². The van der Waals surface area contributed by atoms with Gasteiger partial charge < -0.3 is 24.0 Å². The summed E-state index contributed by atoms with van der Waals surface area (Å²) >= 11 is 1.47. The van der Waals surface area contributed by atoms with Crippen molar-refractivity contribution in [1.29, 1.82) is 0 Å². The third-order valence-corrected chi connectivity index (χ3v) is 7.57. The van der Waals surface area contributed by atoms with E-state index in [9.17, 15) is 9.59 Å². The first-order valence-electron chi connectivity index (χ1n) is 13.2. The van der Waals surface area contributed by atoms with Crippen LogP contribution in [-0.2, 0) is 25.7 Å². The van der Waals surface area contributed by atoms with Crippen LogP contribution in [0, 0.1) is 0 Å². The second-order valence-electron chi connectivity index (χ2n) is 9.86. The quantitative estimate of drug-likeness (QED) is 0.428. The fourth-order valence-corrected chi connectivity index (χ4v) is 5.78. The van der Waals surface area contributed by atoms with E-state index < -0.39 is 12.0 Å². The molecule has 3 heterocycles. The molecule has 3 aliphatic rings. The Balaban J connectivity index is 1.47. The van der Waals surface area contributed by atoms with Crippen LogP contribution >= 0.6 is 11.8 Å². The molecule has 1 amide bonds. The van der Waals surface area contributed by atoms with Gasteiger partial charge in [-0.1, -0.05) is 54.2 Å². The van der Waals surface area contributed by atoms with Gasteiger partial charge in [-0.2, -0.15) is 0 Å². The predicted octanol–water partition coefficient (Wildman–Crippen LogP) is 5.04. The van der Waals surface area contributed by atoms with Crippen molar-refractivity contribution >= 4 is 28.8 Å². The third kappa shape index (κ3) is 6.20. The van der Waals surface area contributed by atoms with Crippen LogP contribution in [0.3, 0.4) is 0 Å². The molecule has 8 nitrogen and oxygen atoms in total. The number of amidine groups is 1. The van der Waals surface area contributed by atoms with E-state index in [2.05, 4.69) is 0 Å². The number of esters is 1. The number of fused-ring (bicyclic) bond motifs is 1. The SMILES string of the molecule is CC1=C(C(=O)OC(C)C)C(c2cccc(OCc3ccccc3)c2)N2C(CC(=O)N3CCOCC3)=CSC2=N1. The molecule has 1 fully saturated rings. The molecule has 2 aromatic carbocycles. The number of thioether (sulfide) groups is 1. The number of amides is 1. The molecule has 3 aliphatic heterocycles. The van der Waals surface area contributed by atoms with Crippen molar-refractivity contribution in [2.45, 2.75) is 45.9 Å². The van der Waals surface area contributed by atoms with Crippen molar-refractivity contribution in [2.75, 3.05) is 26.3 Å². The van der Waals surface area contributed by atoms with Crippen molar-refractivity contribution in [2.24, 2.45) is 4.99 Å². The van der Waals surface area contributed by atoms with E-state index in [1.807, 2.05) is 90.6 Å². The van der Waals surface area contributed by atoms with Gasteiger partial charge in [0.25, 0.3) is 0 Å². The van der Waals surface area contributed by atoms with Crippen molar-refractivity contribution in [3.05, 3.63) is 88.1 Å². The smallest absolute Gasteiger partial charge is 0.338 e. The Kier molecular flexibility index (Phi) is 8.38. The Morgan fingerprint density at radius 2 is 1.87 bits per heavy atom. The molecule has 1 saturated heterocycles. The lowest BCUT2D eigenvalue weighted by Crippen LogP contribution is -2.42. The number of ether oxygens (including phenoxy) is 3. The molecule has 204 valence electrons. The molecular formula is C30H33N3O5S. The molecular weight excluding hydrogens is 514 g/mol. The van der Waals surface area contributed by atoms with Gasteiger partial charge in [-0.3, -0.25) is 4.79 Å². The fourth-order valence-electron chi connectivity index (χ4n) is 4.82. The van der Waals surface area contributed by atoms with Crippen LogP contribution in [0.15, 0.2) is 82.0 Å². The van der Waals surface area contributed by atoms with Crippen LogP contribution in [0.5, 0.6) is 5.75 Å². The highest BCUT2D eigenvalue weighted by Crippen LogP contribution is 2.45. The highest BCUT2D eigenvalue weighted by molar-refractivity contribution is 8.16. The summed E-state index contributed by atoms with van der Waals surface area (Å²) in [6.45, 7) is 8.17. The molecule has 0 N–H and O–H groups in total. The number of allylic oxidation sites excluding steroid dienone is 1. The maximum Gasteiger partial charge on any atom is 0.338 e. The van der Waals surface area contributed by atoms with E-state index in [0.29, 0.717) is 49.9 Å². The maximum atomic E-state index is 13.4. The number of morpholine rings is 1. The zero-order valence-corrected chi connectivity index (χ0v) is 23.3. The molecule has 0 aromatic heterocycles. The Bertz CT molecular complexity index is 1310. The Hall–Kier alpha value is -3.56. The van der Waals surface area contributed by atoms with Crippen molar-refractivity contribution in [1.82, 2.24) is 9.80 Å². The standard InChI is InChI=1S/C30H33N3O5S/c1-20(2)38-29(35)27-21(3)31-30-33(24(19-39-30)17-26(34)32-12-14-36-15-13-32)28(27)23-10-7-11-25(16-23)37-18-22-8-5-4-6-9-22/h4-11,16,19-20,28H,12-15,17-18H2,1-3H3. The largest absolute Gasteiger partial charge is 0.489 e. The average molecular weight is 548 g/mol. The highest BCUT2D eigenvalue weighted by Gasteiger charge is 2.41. The van der Waals surface area contributed by atoms with Gasteiger partial charge in [-0.05, 0) is 49.4 Å². The van der Waals surface area contributed by atoms with Gasteiger partial charge in [0.2, 0.25) is 5.91 Å². The molecule has 9 heteroatoms. The number of benzene rings is 2. The van der Waals surface area contributed by atoms with E-state index in [1.165, 1.54) is 11.8 Å². The summed E-state index contributed by atoms with van der Waals surface area (Å²) in [5, 5.41) is 2.70. The van der Waals surface area contributed by atoms with Crippen LogP contribution in [0.1, 0.15) is 44.4 Å². The topological polar surface area (TPSA) is 80.7 Å². The first-order valence-corrected chi connectivity index (χ1v) is 14.1. The fraction of sp³-hybridized carbons (Fsp3) is 0.367. The molecule has 1 unspecified atom stereocenters. The summed E-state index contributed by atoms with van der Waals surface area (Å²) in [6, 6.07) is 17.2. The summed E-state index contributed by atoms with van der Waals surface area (Å²) in [6.07, 6.45) is -0.0756. The molecule has 39 heavy (non-hydrogen) atoms. The summed E-state index contributed by atoms with van der Waals surface area (Å²) < 4.78 is 17.2. The lowest BCUT2D eigenvalue weighted by Gasteiger charge is -2.37. The summed E-state index contributed by atoms with van der Waals surface area (Å²) in [5.74, 6) is 0.306. The Morgan fingerprint density at radius 3 is 2.62 bits per heavy atom. The monoisotopic (exact) mass is 547 g/mol. The second-order valence-corrected chi connectivity index (χ2v) is 10.7. The first kappa shape index (κ1) is 27.0. The molecule has 0 aliphatic carbocycles. The van der Waals surface area contributed by atoms with Gasteiger partial charge in [-0.25, -0.2) is 9.79 Å².